The van der Waals surface area contributed by atoms with Gasteiger partial charge >= 0.3 is 0 Å². The normalized spacial score (nSPS) is 14.8. The van der Waals surface area contributed by atoms with Crippen LogP contribution in [0.3, 0.4) is 0 Å². The minimum atomic E-state index is -0.419. The maximum absolute atomic E-state index is 12.3. The van der Waals surface area contributed by atoms with Crippen molar-refractivity contribution in [1.82, 2.24) is 4.90 Å². The fraction of sp³-hybridized carbons (Fsp3) is 0.300. The highest BCUT2D eigenvalue weighted by atomic mass is 79.9. The first-order valence-electron chi connectivity index (χ1n) is 8.85. The number of primary amides is 1. The molecule has 0 unspecified atom stereocenters. The second-order valence-electron chi connectivity index (χ2n) is 6.71. The van der Waals surface area contributed by atoms with E-state index in [1.54, 1.807) is 12.1 Å². The molecule has 3 rings (SSSR count). The van der Waals surface area contributed by atoms with Crippen molar-refractivity contribution < 1.29 is 9.59 Å². The molecule has 0 aromatic heterocycles. The van der Waals surface area contributed by atoms with Gasteiger partial charge in [0, 0.05) is 41.9 Å². The third-order valence-corrected chi connectivity index (χ3v) is 5.31. The van der Waals surface area contributed by atoms with Crippen LogP contribution in [-0.2, 0) is 4.79 Å². The number of halogens is 1. The number of hydrogen-bond donors (Lipinski definition) is 2. The van der Waals surface area contributed by atoms with Crippen LogP contribution in [0, 0.1) is 6.92 Å². The molecule has 0 spiro atoms. The van der Waals surface area contributed by atoms with Gasteiger partial charge < -0.3 is 16.0 Å². The van der Waals surface area contributed by atoms with E-state index in [1.807, 2.05) is 37.3 Å². The Bertz CT molecular complexity index is 830. The van der Waals surface area contributed by atoms with E-state index in [4.69, 9.17) is 5.73 Å². The monoisotopic (exact) mass is 430 g/mol. The van der Waals surface area contributed by atoms with Crippen LogP contribution in [0.15, 0.2) is 46.9 Å². The van der Waals surface area contributed by atoms with Crippen LogP contribution in [-0.4, -0.2) is 49.4 Å². The van der Waals surface area contributed by atoms with E-state index in [0.717, 1.165) is 47.6 Å². The Labute approximate surface area is 167 Å². The van der Waals surface area contributed by atoms with Crippen molar-refractivity contribution in [3.05, 3.63) is 58.1 Å². The van der Waals surface area contributed by atoms with Crippen LogP contribution >= 0.6 is 15.9 Å². The molecular weight excluding hydrogens is 408 g/mol. The van der Waals surface area contributed by atoms with Gasteiger partial charge in [-0.3, -0.25) is 14.5 Å². The van der Waals surface area contributed by atoms with Gasteiger partial charge in [-0.15, -0.1) is 0 Å². The van der Waals surface area contributed by atoms with Gasteiger partial charge in [-0.05, 0) is 64.8 Å². The van der Waals surface area contributed by atoms with Gasteiger partial charge in [0.15, 0.2) is 0 Å². The van der Waals surface area contributed by atoms with E-state index in [2.05, 4.69) is 31.0 Å². The zero-order valence-corrected chi connectivity index (χ0v) is 16.8. The second kappa shape index (κ2) is 8.54. The van der Waals surface area contributed by atoms with Gasteiger partial charge in [0.05, 0.1) is 12.2 Å². The molecule has 2 aromatic carbocycles. The molecule has 0 bridgehead atoms. The Morgan fingerprint density at radius 2 is 1.74 bits per heavy atom. The Hall–Kier alpha value is -2.38. The molecule has 0 saturated carbocycles. The van der Waals surface area contributed by atoms with Gasteiger partial charge in [0.25, 0.3) is 0 Å². The molecule has 1 saturated heterocycles. The Morgan fingerprint density at radius 1 is 1.07 bits per heavy atom. The minimum absolute atomic E-state index is 0.0150. The van der Waals surface area contributed by atoms with E-state index in [-0.39, 0.29) is 5.91 Å². The maximum atomic E-state index is 12.3. The number of nitrogens with two attached hydrogens (primary N) is 1. The number of carbonyl (C=O) groups excluding carboxylic acids is 2. The van der Waals surface area contributed by atoms with Crippen LogP contribution in [0.5, 0.6) is 0 Å². The standard InChI is InChI=1S/C20H23BrN4O2/c1-14-2-7-18(17(21)12-14)23-19(26)13-24-8-10-25(11-9-24)16-5-3-15(4-6-16)20(22)27/h2-7,12H,8-11,13H2,1H3,(H2,22,27)(H,23,26). The minimum Gasteiger partial charge on any atom is -0.369 e. The smallest absolute Gasteiger partial charge is 0.248 e. The quantitative estimate of drug-likeness (QED) is 0.763. The van der Waals surface area contributed by atoms with Crippen molar-refractivity contribution in [2.24, 2.45) is 5.73 Å². The third-order valence-electron chi connectivity index (χ3n) is 4.66. The number of amides is 2. The van der Waals surface area contributed by atoms with E-state index >= 15 is 0 Å². The molecule has 1 aliphatic rings. The summed E-state index contributed by atoms with van der Waals surface area (Å²) in [7, 11) is 0. The molecule has 7 heteroatoms. The van der Waals surface area contributed by atoms with Gasteiger partial charge in [0.1, 0.15) is 0 Å². The molecule has 0 aliphatic carbocycles. The van der Waals surface area contributed by atoms with Gasteiger partial charge in [-0.25, -0.2) is 0 Å². The molecule has 1 aliphatic heterocycles. The lowest BCUT2D eigenvalue weighted by Crippen LogP contribution is -2.48. The summed E-state index contributed by atoms with van der Waals surface area (Å²) in [5.41, 5.74) is 8.78. The van der Waals surface area contributed by atoms with Gasteiger partial charge in [-0.1, -0.05) is 6.07 Å². The first-order valence-corrected chi connectivity index (χ1v) is 9.65. The highest BCUT2D eigenvalue weighted by molar-refractivity contribution is 9.10. The lowest BCUT2D eigenvalue weighted by atomic mass is 10.1. The van der Waals surface area contributed by atoms with Crippen LogP contribution in [0.2, 0.25) is 0 Å². The number of nitrogens with zero attached hydrogens (tertiary/aromatic N) is 2. The maximum Gasteiger partial charge on any atom is 0.248 e. The average molecular weight is 431 g/mol. The zero-order valence-electron chi connectivity index (χ0n) is 15.2. The molecule has 0 atom stereocenters. The van der Waals surface area contributed by atoms with Crippen molar-refractivity contribution >= 4 is 39.1 Å². The topological polar surface area (TPSA) is 78.7 Å². The SMILES string of the molecule is Cc1ccc(NC(=O)CN2CCN(c3ccc(C(N)=O)cc3)CC2)c(Br)c1. The fourth-order valence-corrected chi connectivity index (χ4v) is 3.71. The largest absolute Gasteiger partial charge is 0.369 e. The van der Waals surface area contributed by atoms with Crippen LogP contribution in [0.1, 0.15) is 15.9 Å². The average Bonchev–Trinajstić information content (AvgIpc) is 2.65. The molecule has 27 heavy (non-hydrogen) atoms. The van der Waals surface area contributed by atoms with Gasteiger partial charge in [-0.2, -0.15) is 0 Å². The zero-order chi connectivity index (χ0) is 19.4. The summed E-state index contributed by atoms with van der Waals surface area (Å²) in [6.07, 6.45) is 0. The van der Waals surface area contributed by atoms with Crippen LogP contribution < -0.4 is 16.0 Å². The Kier molecular flexibility index (Phi) is 6.13. The van der Waals surface area contributed by atoms with E-state index < -0.39 is 5.91 Å². The Morgan fingerprint density at radius 3 is 2.33 bits per heavy atom. The summed E-state index contributed by atoms with van der Waals surface area (Å²) in [6.45, 7) is 5.65. The number of piperazine rings is 1. The summed E-state index contributed by atoms with van der Waals surface area (Å²) in [4.78, 5) is 27.9. The van der Waals surface area contributed by atoms with Crippen molar-refractivity contribution in [2.75, 3.05) is 42.9 Å². The summed E-state index contributed by atoms with van der Waals surface area (Å²) in [5, 5.41) is 2.96. The van der Waals surface area contributed by atoms with Crippen molar-refractivity contribution in [3.8, 4) is 0 Å². The second-order valence-corrected chi connectivity index (χ2v) is 7.56. The van der Waals surface area contributed by atoms with Crippen LogP contribution in [0.25, 0.3) is 0 Å². The first-order chi connectivity index (χ1) is 12.9. The molecule has 1 heterocycles. The number of benzene rings is 2. The fourth-order valence-electron chi connectivity index (χ4n) is 3.12. The molecule has 142 valence electrons. The summed E-state index contributed by atoms with van der Waals surface area (Å²) in [6, 6.07) is 13.2. The van der Waals surface area contributed by atoms with Crippen LogP contribution in [0.4, 0.5) is 11.4 Å². The molecule has 6 nitrogen and oxygen atoms in total. The summed E-state index contributed by atoms with van der Waals surface area (Å²) < 4.78 is 0.889. The van der Waals surface area contributed by atoms with Crippen molar-refractivity contribution in [1.29, 1.82) is 0 Å². The first kappa shape index (κ1) is 19.4. The predicted octanol–water partition coefficient (Wildman–Crippen LogP) is 2.62. The number of rotatable bonds is 5. The lowest BCUT2D eigenvalue weighted by molar-refractivity contribution is -0.117. The highest BCUT2D eigenvalue weighted by Gasteiger charge is 2.19. The number of carbonyl (C=O) groups is 2. The summed E-state index contributed by atoms with van der Waals surface area (Å²) in [5.74, 6) is -0.434. The number of nitrogens with one attached hydrogen (secondary N) is 1. The number of hydrogen-bond acceptors (Lipinski definition) is 4. The van der Waals surface area contributed by atoms with Gasteiger partial charge in [0.2, 0.25) is 11.8 Å². The van der Waals surface area contributed by atoms with Crippen molar-refractivity contribution in [2.45, 2.75) is 6.92 Å². The third kappa shape index (κ3) is 5.08. The van der Waals surface area contributed by atoms with Crippen molar-refractivity contribution in [3.63, 3.8) is 0 Å². The highest BCUT2D eigenvalue weighted by Crippen LogP contribution is 2.23. The summed E-state index contributed by atoms with van der Waals surface area (Å²) >= 11 is 3.48. The molecule has 2 aromatic rings. The van der Waals surface area contributed by atoms with E-state index in [1.165, 1.54) is 0 Å². The predicted molar refractivity (Wildman–Crippen MR) is 111 cm³/mol. The molecular formula is C20H23BrN4O2. The molecule has 1 fully saturated rings. The molecule has 0 radical (unpaired) electrons. The lowest BCUT2D eigenvalue weighted by Gasteiger charge is -2.35. The van der Waals surface area contributed by atoms with E-state index in [0.29, 0.717) is 12.1 Å². The molecule has 2 amide bonds. The Balaban J connectivity index is 1.50. The molecule has 3 N–H and O–H groups in total. The number of aryl methyl sites for hydroxylation is 1. The number of anilines is 2. The van der Waals surface area contributed by atoms with E-state index in [9.17, 15) is 9.59 Å².